The molecular weight excluding hydrogens is 344 g/mol. The van der Waals surface area contributed by atoms with E-state index in [-0.39, 0.29) is 32.4 Å². The second-order valence-electron chi connectivity index (χ2n) is 6.33. The molecule has 2 aliphatic heterocycles. The van der Waals surface area contributed by atoms with E-state index in [0.29, 0.717) is 30.0 Å². The Morgan fingerprint density at radius 1 is 1.31 bits per heavy atom. The molecule has 2 aliphatic rings. The molecule has 0 bridgehead atoms. The molecule has 1 fully saturated rings. The number of benzene rings is 1. The van der Waals surface area contributed by atoms with Gasteiger partial charge in [-0.25, -0.2) is 0 Å². The van der Waals surface area contributed by atoms with Gasteiger partial charge >= 0.3 is 5.97 Å². The van der Waals surface area contributed by atoms with Crippen molar-refractivity contribution in [3.63, 3.8) is 0 Å². The Balaban J connectivity index is 1.56. The first-order valence-corrected chi connectivity index (χ1v) is 8.13. The number of nitrogens with zero attached hydrogens (tertiary/aromatic N) is 1. The van der Waals surface area contributed by atoms with Gasteiger partial charge in [-0.2, -0.15) is 0 Å². The molecule has 1 atom stereocenters. The molecular formula is C17H20N2O7. The average molecular weight is 364 g/mol. The van der Waals surface area contributed by atoms with Gasteiger partial charge in [-0.15, -0.1) is 0 Å². The van der Waals surface area contributed by atoms with E-state index >= 15 is 0 Å². The quantitative estimate of drug-likeness (QED) is 0.735. The van der Waals surface area contributed by atoms with E-state index in [0.717, 1.165) is 0 Å². The van der Waals surface area contributed by atoms with Crippen molar-refractivity contribution >= 4 is 17.8 Å². The molecule has 0 aliphatic carbocycles. The summed E-state index contributed by atoms with van der Waals surface area (Å²) in [5.41, 5.74) is -0.742. The number of carboxylic acid groups (broad SMARTS) is 1. The Bertz CT molecular complexity index is 736. The monoisotopic (exact) mass is 364 g/mol. The first-order valence-electron chi connectivity index (χ1n) is 8.13. The molecule has 0 aromatic heterocycles. The summed E-state index contributed by atoms with van der Waals surface area (Å²) in [6, 6.07) is 4.76. The fourth-order valence-electron chi connectivity index (χ4n) is 3.12. The van der Waals surface area contributed by atoms with Gasteiger partial charge in [-0.05, 0) is 24.6 Å². The standard InChI is InChI=1S/C17H20N2O7/c1-24-9-17(16(22)23)4-5-19(8-17)14(20)7-18-15(21)11-2-3-12-13(6-11)26-10-25-12/h2-3,6H,4-5,7-10H2,1H3,(H,18,21)(H,22,23). The molecule has 1 saturated heterocycles. The number of hydrogen-bond donors (Lipinski definition) is 2. The zero-order valence-corrected chi connectivity index (χ0v) is 14.3. The second kappa shape index (κ2) is 7.20. The zero-order chi connectivity index (χ0) is 18.7. The number of fused-ring (bicyclic) bond motifs is 1. The summed E-state index contributed by atoms with van der Waals surface area (Å²) in [6.07, 6.45) is 0.317. The van der Waals surface area contributed by atoms with Gasteiger partial charge in [-0.1, -0.05) is 0 Å². The lowest BCUT2D eigenvalue weighted by molar-refractivity contribution is -0.151. The number of hydrogen-bond acceptors (Lipinski definition) is 6. The summed E-state index contributed by atoms with van der Waals surface area (Å²) in [7, 11) is 1.43. The second-order valence-corrected chi connectivity index (χ2v) is 6.33. The summed E-state index contributed by atoms with van der Waals surface area (Å²) in [5.74, 6) is -0.693. The number of nitrogens with one attached hydrogen (secondary N) is 1. The Labute approximate surface area is 149 Å². The number of carboxylic acids is 1. The van der Waals surface area contributed by atoms with Gasteiger partial charge < -0.3 is 29.5 Å². The Hall–Kier alpha value is -2.81. The van der Waals surface area contributed by atoms with Crippen LogP contribution in [-0.4, -0.2) is 67.9 Å². The van der Waals surface area contributed by atoms with Gasteiger partial charge in [0.05, 0.1) is 13.2 Å². The van der Waals surface area contributed by atoms with Crippen LogP contribution in [0.25, 0.3) is 0 Å². The summed E-state index contributed by atoms with van der Waals surface area (Å²) in [4.78, 5) is 37.5. The highest BCUT2D eigenvalue weighted by molar-refractivity contribution is 5.97. The molecule has 1 aromatic rings. The minimum Gasteiger partial charge on any atom is -0.481 e. The number of carbonyl (C=O) groups excluding carboxylic acids is 2. The summed E-state index contributed by atoms with van der Waals surface area (Å²) in [5, 5.41) is 12.0. The third kappa shape index (κ3) is 3.43. The molecule has 2 heterocycles. The van der Waals surface area contributed by atoms with Crippen molar-refractivity contribution in [3.05, 3.63) is 23.8 Å². The minimum atomic E-state index is -1.09. The molecule has 0 saturated carbocycles. The van der Waals surface area contributed by atoms with Gasteiger partial charge in [-0.3, -0.25) is 14.4 Å². The first kappa shape index (κ1) is 18.0. The van der Waals surface area contributed by atoms with Gasteiger partial charge in [0.2, 0.25) is 12.7 Å². The number of likely N-dealkylation sites (tertiary alicyclic amines) is 1. The van der Waals surface area contributed by atoms with Crippen molar-refractivity contribution in [2.45, 2.75) is 6.42 Å². The lowest BCUT2D eigenvalue weighted by Gasteiger charge is -2.23. The number of methoxy groups -OCH3 is 1. The fourth-order valence-corrected chi connectivity index (χ4v) is 3.12. The molecule has 3 rings (SSSR count). The van der Waals surface area contributed by atoms with Crippen LogP contribution < -0.4 is 14.8 Å². The molecule has 0 spiro atoms. The topological polar surface area (TPSA) is 114 Å². The third-order valence-electron chi connectivity index (χ3n) is 4.62. The molecule has 1 unspecified atom stereocenters. The SMILES string of the molecule is COCC1(C(=O)O)CCN(C(=O)CNC(=O)c2ccc3c(c2)OCO3)C1. The lowest BCUT2D eigenvalue weighted by Crippen LogP contribution is -2.43. The van der Waals surface area contributed by atoms with E-state index in [1.165, 1.54) is 12.0 Å². The maximum atomic E-state index is 12.3. The predicted molar refractivity (Wildman–Crippen MR) is 88.0 cm³/mol. The van der Waals surface area contributed by atoms with Gasteiger partial charge in [0.1, 0.15) is 5.41 Å². The van der Waals surface area contributed by atoms with Gasteiger partial charge in [0.25, 0.3) is 5.91 Å². The Morgan fingerprint density at radius 3 is 2.81 bits per heavy atom. The largest absolute Gasteiger partial charge is 0.481 e. The van der Waals surface area contributed by atoms with E-state index in [1.807, 2.05) is 0 Å². The van der Waals surface area contributed by atoms with Crippen LogP contribution in [0, 0.1) is 5.41 Å². The van der Waals surface area contributed by atoms with Crippen molar-refractivity contribution < 1.29 is 33.7 Å². The van der Waals surface area contributed by atoms with Gasteiger partial charge in [0.15, 0.2) is 11.5 Å². The molecule has 2 amide bonds. The molecule has 26 heavy (non-hydrogen) atoms. The van der Waals surface area contributed by atoms with Gasteiger partial charge in [0, 0.05) is 25.8 Å². The van der Waals surface area contributed by atoms with Crippen LogP contribution in [0.1, 0.15) is 16.8 Å². The van der Waals surface area contributed by atoms with Crippen molar-refractivity contribution in [1.82, 2.24) is 10.2 Å². The highest BCUT2D eigenvalue weighted by Crippen LogP contribution is 2.33. The average Bonchev–Trinajstić information content (AvgIpc) is 3.26. The van der Waals surface area contributed by atoms with Crippen LogP contribution in [0.4, 0.5) is 0 Å². The lowest BCUT2D eigenvalue weighted by atomic mass is 9.88. The van der Waals surface area contributed by atoms with E-state index in [4.69, 9.17) is 14.2 Å². The number of carbonyl (C=O) groups is 3. The maximum absolute atomic E-state index is 12.3. The van der Waals surface area contributed by atoms with Crippen LogP contribution in [0.5, 0.6) is 11.5 Å². The van der Waals surface area contributed by atoms with E-state index in [2.05, 4.69) is 5.32 Å². The molecule has 140 valence electrons. The minimum absolute atomic E-state index is 0.0374. The summed E-state index contributed by atoms with van der Waals surface area (Å²) < 4.78 is 15.4. The Morgan fingerprint density at radius 2 is 2.08 bits per heavy atom. The number of aliphatic carboxylic acids is 1. The van der Waals surface area contributed by atoms with Crippen LogP contribution in [0.3, 0.4) is 0 Å². The van der Waals surface area contributed by atoms with Crippen LogP contribution in [0.2, 0.25) is 0 Å². The smallest absolute Gasteiger partial charge is 0.313 e. The zero-order valence-electron chi connectivity index (χ0n) is 14.3. The third-order valence-corrected chi connectivity index (χ3v) is 4.62. The maximum Gasteiger partial charge on any atom is 0.313 e. The van der Waals surface area contributed by atoms with Crippen molar-refractivity contribution in [3.8, 4) is 11.5 Å². The molecule has 0 radical (unpaired) electrons. The van der Waals surface area contributed by atoms with Crippen LogP contribution >= 0.6 is 0 Å². The number of amides is 2. The Kier molecular flexibility index (Phi) is 4.99. The van der Waals surface area contributed by atoms with Crippen molar-refractivity contribution in [2.75, 3.05) is 40.1 Å². The van der Waals surface area contributed by atoms with E-state index in [9.17, 15) is 19.5 Å². The highest BCUT2D eigenvalue weighted by Gasteiger charge is 2.46. The number of rotatable bonds is 6. The van der Waals surface area contributed by atoms with E-state index in [1.54, 1.807) is 18.2 Å². The normalized spacial score (nSPS) is 20.9. The summed E-state index contributed by atoms with van der Waals surface area (Å²) in [6.45, 7) is 0.315. The van der Waals surface area contributed by atoms with Crippen molar-refractivity contribution in [1.29, 1.82) is 0 Å². The molecule has 2 N–H and O–H groups in total. The predicted octanol–water partition coefficient (Wildman–Crippen LogP) is 0.0948. The van der Waals surface area contributed by atoms with Crippen LogP contribution in [0.15, 0.2) is 18.2 Å². The molecule has 9 heteroatoms. The molecule has 1 aromatic carbocycles. The van der Waals surface area contributed by atoms with Crippen LogP contribution in [-0.2, 0) is 14.3 Å². The summed E-state index contributed by atoms with van der Waals surface area (Å²) >= 11 is 0. The fraction of sp³-hybridized carbons (Fsp3) is 0.471. The van der Waals surface area contributed by atoms with E-state index < -0.39 is 17.3 Å². The molecule has 9 nitrogen and oxygen atoms in total. The number of ether oxygens (including phenoxy) is 3. The highest BCUT2D eigenvalue weighted by atomic mass is 16.7. The first-order chi connectivity index (χ1) is 12.4. The van der Waals surface area contributed by atoms with Crippen molar-refractivity contribution in [2.24, 2.45) is 5.41 Å².